The summed E-state index contributed by atoms with van der Waals surface area (Å²) in [7, 11) is 1.54. The summed E-state index contributed by atoms with van der Waals surface area (Å²) in [6.07, 6.45) is 2.79. The summed E-state index contributed by atoms with van der Waals surface area (Å²) in [5, 5.41) is 0. The van der Waals surface area contributed by atoms with E-state index >= 15 is 0 Å². The molecule has 2 N–H and O–H groups in total. The second-order valence-electron chi connectivity index (χ2n) is 4.45. The third-order valence-electron chi connectivity index (χ3n) is 2.81. The van der Waals surface area contributed by atoms with E-state index in [-0.39, 0.29) is 0 Å². The maximum Gasteiger partial charge on any atom is 0.269 e. The zero-order valence-corrected chi connectivity index (χ0v) is 12.3. The van der Waals surface area contributed by atoms with Gasteiger partial charge in [0.05, 0.1) is 7.11 Å². The summed E-state index contributed by atoms with van der Waals surface area (Å²) >= 11 is 0. The number of methoxy groups -OCH3 is 1. The molecule has 2 rings (SSSR count). The van der Waals surface area contributed by atoms with Crippen LogP contribution in [0.5, 0.6) is 5.75 Å². The Hall–Kier alpha value is -3.02. The molecule has 0 spiro atoms. The third kappa shape index (κ3) is 4.24. The Morgan fingerprint density at radius 3 is 2.41 bits per heavy atom. The number of hydrogen-bond acceptors (Lipinski definition) is 4. The van der Waals surface area contributed by atoms with Crippen LogP contribution in [0.1, 0.15) is 21.9 Å². The van der Waals surface area contributed by atoms with Gasteiger partial charge in [0, 0.05) is 11.6 Å². The second kappa shape index (κ2) is 7.12. The Labute approximate surface area is 127 Å². The molecule has 0 saturated heterocycles. The molecule has 22 heavy (non-hydrogen) atoms. The number of carbonyl (C=O) groups excluding carboxylic acids is 2. The van der Waals surface area contributed by atoms with Crippen LogP contribution in [0.4, 0.5) is 0 Å². The van der Waals surface area contributed by atoms with Crippen molar-refractivity contribution in [2.24, 2.45) is 0 Å². The minimum absolute atomic E-state index is 0.409. The van der Waals surface area contributed by atoms with Crippen molar-refractivity contribution in [1.82, 2.24) is 10.9 Å². The molecule has 2 aromatic rings. The molecule has 1 aromatic heterocycles. The van der Waals surface area contributed by atoms with E-state index in [4.69, 9.17) is 9.15 Å². The number of benzene rings is 1. The van der Waals surface area contributed by atoms with E-state index in [0.29, 0.717) is 17.1 Å². The highest BCUT2D eigenvalue weighted by Crippen LogP contribution is 2.11. The van der Waals surface area contributed by atoms with E-state index in [1.54, 1.807) is 43.5 Å². The van der Waals surface area contributed by atoms with Gasteiger partial charge in [0.25, 0.3) is 11.8 Å². The smallest absolute Gasteiger partial charge is 0.269 e. The van der Waals surface area contributed by atoms with E-state index in [9.17, 15) is 9.59 Å². The van der Waals surface area contributed by atoms with Crippen LogP contribution in [0.3, 0.4) is 0 Å². The van der Waals surface area contributed by atoms with E-state index < -0.39 is 11.8 Å². The molecule has 0 fully saturated rings. The Morgan fingerprint density at radius 1 is 1.09 bits per heavy atom. The molecule has 0 atom stereocenters. The minimum atomic E-state index is -0.462. The quantitative estimate of drug-likeness (QED) is 0.669. The maximum absolute atomic E-state index is 11.8. The Bertz CT molecular complexity index is 686. The molecular weight excluding hydrogens is 284 g/mol. The van der Waals surface area contributed by atoms with E-state index in [0.717, 1.165) is 5.76 Å². The van der Waals surface area contributed by atoms with Gasteiger partial charge in [-0.2, -0.15) is 0 Å². The normalized spacial score (nSPS) is 10.5. The summed E-state index contributed by atoms with van der Waals surface area (Å²) in [4.78, 5) is 23.4. The molecule has 0 aliphatic rings. The van der Waals surface area contributed by atoms with E-state index in [1.807, 2.05) is 6.92 Å². The standard InChI is InChI=1S/C16H16N2O4/c1-11-3-6-14(22-11)9-10-15(19)17-18-16(20)12-4-7-13(21-2)8-5-12/h3-10H,1-2H3,(H,17,19)(H,18,20). The number of nitrogens with one attached hydrogen (secondary N) is 2. The SMILES string of the molecule is COc1ccc(C(=O)NNC(=O)C=Cc2ccc(C)o2)cc1. The zero-order chi connectivity index (χ0) is 15.9. The zero-order valence-electron chi connectivity index (χ0n) is 12.3. The fourth-order valence-electron chi connectivity index (χ4n) is 1.68. The fourth-order valence-corrected chi connectivity index (χ4v) is 1.68. The van der Waals surface area contributed by atoms with Crippen LogP contribution in [0.25, 0.3) is 6.08 Å². The van der Waals surface area contributed by atoms with Crippen molar-refractivity contribution in [3.05, 3.63) is 59.6 Å². The van der Waals surface area contributed by atoms with E-state index in [2.05, 4.69) is 10.9 Å². The summed E-state index contributed by atoms with van der Waals surface area (Å²) < 4.78 is 10.3. The molecule has 0 aliphatic carbocycles. The molecule has 0 radical (unpaired) electrons. The van der Waals surface area contributed by atoms with Crippen LogP contribution in [0, 0.1) is 6.92 Å². The van der Waals surface area contributed by atoms with Crippen LogP contribution >= 0.6 is 0 Å². The van der Waals surface area contributed by atoms with Crippen LogP contribution in [0.2, 0.25) is 0 Å². The lowest BCUT2D eigenvalue weighted by Gasteiger charge is -2.06. The Morgan fingerprint density at radius 2 is 1.82 bits per heavy atom. The number of hydrogen-bond donors (Lipinski definition) is 2. The second-order valence-corrected chi connectivity index (χ2v) is 4.45. The van der Waals surface area contributed by atoms with Crippen molar-refractivity contribution in [3.63, 3.8) is 0 Å². The number of rotatable bonds is 4. The van der Waals surface area contributed by atoms with Gasteiger partial charge in [-0.25, -0.2) is 0 Å². The molecule has 6 heteroatoms. The van der Waals surface area contributed by atoms with Crippen molar-refractivity contribution in [3.8, 4) is 5.75 Å². The minimum Gasteiger partial charge on any atom is -0.497 e. The summed E-state index contributed by atoms with van der Waals surface area (Å²) in [6, 6.07) is 10.1. The Kier molecular flexibility index (Phi) is 4.98. The van der Waals surface area contributed by atoms with Crippen LogP contribution in [0.15, 0.2) is 46.9 Å². The topological polar surface area (TPSA) is 80.6 Å². The van der Waals surface area contributed by atoms with Crippen molar-refractivity contribution in [2.75, 3.05) is 7.11 Å². The van der Waals surface area contributed by atoms with Gasteiger partial charge < -0.3 is 9.15 Å². The number of furan rings is 1. The highest BCUT2D eigenvalue weighted by molar-refractivity contribution is 5.97. The number of hydrazine groups is 1. The molecule has 0 bridgehead atoms. The van der Waals surface area contributed by atoms with E-state index in [1.165, 1.54) is 12.2 Å². The predicted molar refractivity (Wildman–Crippen MR) is 81.1 cm³/mol. The predicted octanol–water partition coefficient (Wildman–Crippen LogP) is 2.07. The number of amides is 2. The van der Waals surface area contributed by atoms with Crippen molar-refractivity contribution >= 4 is 17.9 Å². The number of aryl methyl sites for hydroxylation is 1. The molecule has 1 aromatic carbocycles. The first-order valence-electron chi connectivity index (χ1n) is 6.57. The van der Waals surface area contributed by atoms with Gasteiger partial charge in [0.1, 0.15) is 17.3 Å². The van der Waals surface area contributed by atoms with Gasteiger partial charge >= 0.3 is 0 Å². The highest BCUT2D eigenvalue weighted by atomic mass is 16.5. The largest absolute Gasteiger partial charge is 0.497 e. The maximum atomic E-state index is 11.8. The van der Waals surface area contributed by atoms with Gasteiger partial charge in [-0.15, -0.1) is 0 Å². The van der Waals surface area contributed by atoms with Crippen molar-refractivity contribution in [2.45, 2.75) is 6.92 Å². The van der Waals surface area contributed by atoms with Gasteiger partial charge in [-0.05, 0) is 49.4 Å². The number of carbonyl (C=O) groups is 2. The van der Waals surface area contributed by atoms with Gasteiger partial charge in [-0.1, -0.05) is 0 Å². The molecular formula is C16H16N2O4. The summed E-state index contributed by atoms with van der Waals surface area (Å²) in [5.74, 6) is 1.09. The molecule has 1 heterocycles. The summed E-state index contributed by atoms with van der Waals surface area (Å²) in [6.45, 7) is 1.81. The summed E-state index contributed by atoms with van der Waals surface area (Å²) in [5.41, 5.74) is 5.01. The molecule has 0 unspecified atom stereocenters. The van der Waals surface area contributed by atoms with Crippen molar-refractivity contribution in [1.29, 1.82) is 0 Å². The average Bonchev–Trinajstić information content (AvgIpc) is 2.96. The molecule has 0 saturated carbocycles. The first kappa shape index (κ1) is 15.4. The van der Waals surface area contributed by atoms with Gasteiger partial charge in [0.15, 0.2) is 0 Å². The average molecular weight is 300 g/mol. The number of ether oxygens (including phenoxy) is 1. The van der Waals surface area contributed by atoms with Crippen LogP contribution < -0.4 is 15.6 Å². The Balaban J connectivity index is 1.84. The van der Waals surface area contributed by atoms with Gasteiger partial charge in [-0.3, -0.25) is 20.4 Å². The third-order valence-corrected chi connectivity index (χ3v) is 2.81. The first-order valence-corrected chi connectivity index (χ1v) is 6.57. The van der Waals surface area contributed by atoms with Crippen LogP contribution in [-0.2, 0) is 4.79 Å². The fraction of sp³-hybridized carbons (Fsp3) is 0.125. The van der Waals surface area contributed by atoms with Crippen molar-refractivity contribution < 1.29 is 18.7 Å². The lowest BCUT2D eigenvalue weighted by molar-refractivity contribution is -0.117. The van der Waals surface area contributed by atoms with Gasteiger partial charge in [0.2, 0.25) is 0 Å². The molecule has 0 aliphatic heterocycles. The monoisotopic (exact) mass is 300 g/mol. The first-order chi connectivity index (χ1) is 10.6. The highest BCUT2D eigenvalue weighted by Gasteiger charge is 2.06. The molecule has 6 nitrogen and oxygen atoms in total. The van der Waals surface area contributed by atoms with Crippen LogP contribution in [-0.4, -0.2) is 18.9 Å². The molecule has 114 valence electrons. The lowest BCUT2D eigenvalue weighted by atomic mass is 10.2. The lowest BCUT2D eigenvalue weighted by Crippen LogP contribution is -2.40. The molecule has 2 amide bonds.